The van der Waals surface area contributed by atoms with Gasteiger partial charge in [-0.3, -0.25) is 9.69 Å². The first-order valence-corrected chi connectivity index (χ1v) is 8.47. The van der Waals surface area contributed by atoms with Crippen LogP contribution in [0.25, 0.3) is 0 Å². The topological polar surface area (TPSA) is 32.3 Å². The Hall–Kier alpha value is -1.56. The van der Waals surface area contributed by atoms with Gasteiger partial charge in [0.1, 0.15) is 0 Å². The average molecular weight is 342 g/mol. The van der Waals surface area contributed by atoms with Gasteiger partial charge in [-0.25, -0.2) is 13.2 Å². The van der Waals surface area contributed by atoms with Crippen LogP contribution in [0.2, 0.25) is 0 Å². The Morgan fingerprint density at radius 2 is 1.83 bits per heavy atom. The Morgan fingerprint density at radius 3 is 2.42 bits per heavy atom. The third-order valence-corrected chi connectivity index (χ3v) is 4.81. The van der Waals surface area contributed by atoms with Crippen LogP contribution in [0.1, 0.15) is 44.0 Å². The molecule has 1 aliphatic heterocycles. The first kappa shape index (κ1) is 18.8. The molecule has 0 aromatic heterocycles. The van der Waals surface area contributed by atoms with Crippen LogP contribution in [0.5, 0.6) is 0 Å². The molecule has 1 saturated heterocycles. The minimum Gasteiger partial charge on any atom is -0.350 e. The summed E-state index contributed by atoms with van der Waals surface area (Å²) in [5.74, 6) is -4.06. The van der Waals surface area contributed by atoms with Gasteiger partial charge >= 0.3 is 0 Å². The molecule has 0 aliphatic carbocycles. The number of nitrogens with one attached hydrogen (secondary N) is 1. The van der Waals surface area contributed by atoms with E-state index in [9.17, 15) is 18.0 Å². The molecular weight excluding hydrogens is 317 g/mol. The maximum absolute atomic E-state index is 13.7. The van der Waals surface area contributed by atoms with Crippen molar-refractivity contribution in [3.63, 3.8) is 0 Å². The lowest BCUT2D eigenvalue weighted by molar-refractivity contribution is 0.0859. The van der Waals surface area contributed by atoms with E-state index in [1.54, 1.807) is 0 Å². The quantitative estimate of drug-likeness (QED) is 0.830. The van der Waals surface area contributed by atoms with Crippen molar-refractivity contribution in [2.24, 2.45) is 11.8 Å². The molecule has 1 heterocycles. The highest BCUT2D eigenvalue weighted by molar-refractivity contribution is 5.94. The number of amides is 1. The summed E-state index contributed by atoms with van der Waals surface area (Å²) in [6.45, 7) is 8.68. The highest BCUT2D eigenvalue weighted by atomic mass is 19.2. The molecule has 1 amide bonds. The number of piperidine rings is 1. The molecule has 2 rings (SSSR count). The molecule has 24 heavy (non-hydrogen) atoms. The molecule has 1 fully saturated rings. The molecule has 6 heteroatoms. The van der Waals surface area contributed by atoms with Crippen molar-refractivity contribution in [2.75, 3.05) is 19.6 Å². The number of likely N-dealkylation sites (tertiary alicyclic amines) is 1. The van der Waals surface area contributed by atoms with E-state index in [-0.39, 0.29) is 6.04 Å². The molecule has 1 atom stereocenters. The second-order valence-corrected chi connectivity index (χ2v) is 6.96. The van der Waals surface area contributed by atoms with E-state index in [1.807, 2.05) is 0 Å². The Bertz CT molecular complexity index is 584. The summed E-state index contributed by atoms with van der Waals surface area (Å²) in [5.41, 5.74) is -0.469. The summed E-state index contributed by atoms with van der Waals surface area (Å²) < 4.78 is 39.9. The highest BCUT2D eigenvalue weighted by Gasteiger charge is 2.27. The van der Waals surface area contributed by atoms with E-state index in [4.69, 9.17) is 0 Å². The number of carbonyl (C=O) groups excluding carboxylic acids is 1. The predicted octanol–water partition coefficient (Wildman–Crippen LogP) is 3.59. The molecule has 0 saturated carbocycles. The molecule has 0 unspecified atom stereocenters. The lowest BCUT2D eigenvalue weighted by atomic mass is 9.94. The minimum atomic E-state index is -1.62. The SMILES string of the molecule is CC1CCN([C@@H](CNC(=O)c2ccc(F)c(F)c2F)C(C)C)CC1. The minimum absolute atomic E-state index is 0.134. The van der Waals surface area contributed by atoms with E-state index < -0.39 is 28.9 Å². The van der Waals surface area contributed by atoms with Gasteiger partial charge in [-0.05, 0) is 49.9 Å². The second-order valence-electron chi connectivity index (χ2n) is 6.96. The van der Waals surface area contributed by atoms with Gasteiger partial charge in [0.05, 0.1) is 5.56 Å². The molecular formula is C18H25F3N2O. The van der Waals surface area contributed by atoms with Gasteiger partial charge in [0.25, 0.3) is 5.91 Å². The Balaban J connectivity index is 2.01. The van der Waals surface area contributed by atoms with Gasteiger partial charge < -0.3 is 5.32 Å². The summed E-state index contributed by atoms with van der Waals surface area (Å²) in [6.07, 6.45) is 2.24. The number of hydrogen-bond donors (Lipinski definition) is 1. The molecule has 0 radical (unpaired) electrons. The number of halogens is 3. The van der Waals surface area contributed by atoms with Gasteiger partial charge in [-0.1, -0.05) is 20.8 Å². The molecule has 0 spiro atoms. The van der Waals surface area contributed by atoms with E-state index in [0.717, 1.165) is 38.1 Å². The fraction of sp³-hybridized carbons (Fsp3) is 0.611. The van der Waals surface area contributed by atoms with E-state index in [2.05, 4.69) is 31.0 Å². The molecule has 1 aromatic rings. The monoisotopic (exact) mass is 342 g/mol. The van der Waals surface area contributed by atoms with Crippen molar-refractivity contribution in [1.29, 1.82) is 0 Å². The third kappa shape index (κ3) is 4.29. The number of rotatable bonds is 5. The predicted molar refractivity (Wildman–Crippen MR) is 87.2 cm³/mol. The van der Waals surface area contributed by atoms with E-state index in [0.29, 0.717) is 18.4 Å². The summed E-state index contributed by atoms with van der Waals surface area (Å²) in [4.78, 5) is 14.5. The Kier molecular flexibility index (Phi) is 6.27. The first-order chi connectivity index (χ1) is 11.3. The smallest absolute Gasteiger partial charge is 0.254 e. The maximum atomic E-state index is 13.7. The summed E-state index contributed by atoms with van der Waals surface area (Å²) in [7, 11) is 0. The Morgan fingerprint density at radius 1 is 1.21 bits per heavy atom. The number of hydrogen-bond acceptors (Lipinski definition) is 2. The second kappa shape index (κ2) is 8.01. The molecule has 134 valence electrons. The van der Waals surface area contributed by atoms with Crippen molar-refractivity contribution in [1.82, 2.24) is 10.2 Å². The van der Waals surface area contributed by atoms with Crippen LogP contribution < -0.4 is 5.32 Å². The summed E-state index contributed by atoms with van der Waals surface area (Å²) in [5, 5.41) is 2.67. The van der Waals surface area contributed by atoms with Crippen LogP contribution in [-0.4, -0.2) is 36.5 Å². The van der Waals surface area contributed by atoms with Gasteiger partial charge in [-0.15, -0.1) is 0 Å². The van der Waals surface area contributed by atoms with Crippen molar-refractivity contribution < 1.29 is 18.0 Å². The lowest BCUT2D eigenvalue weighted by Gasteiger charge is -2.38. The van der Waals surface area contributed by atoms with Crippen molar-refractivity contribution in [3.8, 4) is 0 Å². The molecule has 0 bridgehead atoms. The van der Waals surface area contributed by atoms with Crippen molar-refractivity contribution in [3.05, 3.63) is 35.1 Å². The van der Waals surface area contributed by atoms with Crippen LogP contribution in [-0.2, 0) is 0 Å². The normalized spacial score (nSPS) is 18.0. The molecule has 1 aromatic carbocycles. The van der Waals surface area contributed by atoms with Crippen LogP contribution in [0.3, 0.4) is 0 Å². The van der Waals surface area contributed by atoms with E-state index in [1.165, 1.54) is 0 Å². The fourth-order valence-electron chi connectivity index (χ4n) is 3.14. The third-order valence-electron chi connectivity index (χ3n) is 4.81. The number of carbonyl (C=O) groups is 1. The maximum Gasteiger partial charge on any atom is 0.254 e. The standard InChI is InChI=1S/C18H25F3N2O/c1-11(2)15(23-8-6-12(3)7-9-23)10-22-18(24)13-4-5-14(19)17(21)16(13)20/h4-5,11-12,15H,6-10H2,1-3H3,(H,22,24)/t15-/m0/s1. The molecule has 3 nitrogen and oxygen atoms in total. The number of benzene rings is 1. The largest absolute Gasteiger partial charge is 0.350 e. The van der Waals surface area contributed by atoms with Crippen LogP contribution >= 0.6 is 0 Å². The van der Waals surface area contributed by atoms with Crippen LogP contribution in [0.4, 0.5) is 13.2 Å². The Labute approximate surface area is 141 Å². The van der Waals surface area contributed by atoms with Gasteiger partial charge in [-0.2, -0.15) is 0 Å². The highest BCUT2D eigenvalue weighted by Crippen LogP contribution is 2.21. The molecule has 1 N–H and O–H groups in total. The first-order valence-electron chi connectivity index (χ1n) is 8.47. The van der Waals surface area contributed by atoms with Gasteiger partial charge in [0, 0.05) is 12.6 Å². The summed E-state index contributed by atoms with van der Waals surface area (Å²) in [6, 6.07) is 1.87. The zero-order valence-corrected chi connectivity index (χ0v) is 14.4. The molecule has 1 aliphatic rings. The van der Waals surface area contributed by atoms with Gasteiger partial charge in [0.2, 0.25) is 0 Å². The van der Waals surface area contributed by atoms with Crippen molar-refractivity contribution in [2.45, 2.75) is 39.7 Å². The number of nitrogens with zero attached hydrogens (tertiary/aromatic N) is 1. The zero-order chi connectivity index (χ0) is 17.9. The van der Waals surface area contributed by atoms with Gasteiger partial charge in [0.15, 0.2) is 17.5 Å². The zero-order valence-electron chi connectivity index (χ0n) is 14.4. The van der Waals surface area contributed by atoms with Crippen LogP contribution in [0, 0.1) is 29.3 Å². The average Bonchev–Trinajstić information content (AvgIpc) is 2.54. The van der Waals surface area contributed by atoms with E-state index >= 15 is 0 Å². The lowest BCUT2D eigenvalue weighted by Crippen LogP contribution is -2.49. The van der Waals surface area contributed by atoms with Crippen LogP contribution in [0.15, 0.2) is 12.1 Å². The summed E-state index contributed by atoms with van der Waals surface area (Å²) >= 11 is 0. The van der Waals surface area contributed by atoms with Crippen molar-refractivity contribution >= 4 is 5.91 Å². The fourth-order valence-corrected chi connectivity index (χ4v) is 3.14.